The van der Waals surface area contributed by atoms with Gasteiger partial charge < -0.3 is 24.7 Å². The van der Waals surface area contributed by atoms with Crippen LogP contribution in [0, 0.1) is 19.8 Å². The summed E-state index contributed by atoms with van der Waals surface area (Å²) in [5, 5.41) is 2.92. The van der Waals surface area contributed by atoms with Crippen LogP contribution in [0.5, 0.6) is 11.5 Å². The Labute approximate surface area is 211 Å². The van der Waals surface area contributed by atoms with E-state index >= 15 is 0 Å². The number of carbonyl (C=O) groups excluding carboxylic acids is 1. The van der Waals surface area contributed by atoms with E-state index in [0.29, 0.717) is 28.5 Å². The van der Waals surface area contributed by atoms with Gasteiger partial charge in [0.1, 0.15) is 0 Å². The lowest BCUT2D eigenvalue weighted by Crippen LogP contribution is -2.43. The molecule has 2 aromatic rings. The van der Waals surface area contributed by atoms with E-state index in [1.807, 2.05) is 26.2 Å². The summed E-state index contributed by atoms with van der Waals surface area (Å²) in [6.07, 6.45) is 7.31. The van der Waals surface area contributed by atoms with E-state index < -0.39 is 5.79 Å². The molecule has 4 rings (SSSR count). The summed E-state index contributed by atoms with van der Waals surface area (Å²) in [6.45, 7) is 8.86. The van der Waals surface area contributed by atoms with Crippen LogP contribution >= 0.6 is 11.8 Å². The zero-order chi connectivity index (χ0) is 25.3. The van der Waals surface area contributed by atoms with Crippen LogP contribution in [0.1, 0.15) is 58.4 Å². The van der Waals surface area contributed by atoms with Gasteiger partial charge in [0.05, 0.1) is 0 Å². The van der Waals surface area contributed by atoms with Crippen molar-refractivity contribution in [3.05, 3.63) is 57.0 Å². The molecule has 0 atom stereocenters. The van der Waals surface area contributed by atoms with Gasteiger partial charge in [0.15, 0.2) is 11.5 Å². The van der Waals surface area contributed by atoms with Gasteiger partial charge in [0.2, 0.25) is 0 Å². The number of hydrogen-bond donors (Lipinski definition) is 2. The first kappa shape index (κ1) is 25.4. The molecule has 2 heterocycles. The molecule has 1 aliphatic carbocycles. The van der Waals surface area contributed by atoms with Gasteiger partial charge in [0, 0.05) is 58.8 Å². The molecular formula is C27H35N3O4S. The van der Waals surface area contributed by atoms with Crippen LogP contribution < -0.4 is 20.3 Å². The van der Waals surface area contributed by atoms with Crippen molar-refractivity contribution >= 4 is 23.7 Å². The van der Waals surface area contributed by atoms with Crippen molar-refractivity contribution in [2.45, 2.75) is 56.8 Å². The van der Waals surface area contributed by atoms with Crippen LogP contribution in [0.3, 0.4) is 0 Å². The summed E-state index contributed by atoms with van der Waals surface area (Å²) in [5.41, 5.74) is 3.12. The van der Waals surface area contributed by atoms with E-state index in [2.05, 4.69) is 35.9 Å². The molecule has 1 spiro atoms. The molecule has 1 aliphatic heterocycles. The molecule has 0 bridgehead atoms. The molecule has 1 amide bonds. The van der Waals surface area contributed by atoms with Gasteiger partial charge in [-0.05, 0) is 65.1 Å². The normalized spacial score (nSPS) is 20.9. The van der Waals surface area contributed by atoms with Crippen LogP contribution in [0.25, 0.3) is 6.08 Å². The number of benzene rings is 1. The number of rotatable bonds is 7. The third-order valence-electron chi connectivity index (χ3n) is 6.92. The predicted molar refractivity (Wildman–Crippen MR) is 141 cm³/mol. The Balaban J connectivity index is 1.55. The number of fused-ring (bicyclic) bond motifs is 1. The number of nitrogens with one attached hydrogen (secondary N) is 2. The molecule has 7 nitrogen and oxygen atoms in total. The van der Waals surface area contributed by atoms with E-state index in [4.69, 9.17) is 9.47 Å². The topological polar surface area (TPSA) is 83.7 Å². The molecule has 1 aromatic carbocycles. The van der Waals surface area contributed by atoms with Crippen LogP contribution in [-0.4, -0.2) is 48.5 Å². The summed E-state index contributed by atoms with van der Waals surface area (Å²) in [7, 11) is 4.21. The number of aromatic nitrogens is 1. The van der Waals surface area contributed by atoms with Crippen LogP contribution in [0.2, 0.25) is 0 Å². The highest BCUT2D eigenvalue weighted by molar-refractivity contribution is 7.98. The smallest absolute Gasteiger partial charge is 0.254 e. The highest BCUT2D eigenvalue weighted by Crippen LogP contribution is 2.51. The van der Waals surface area contributed by atoms with E-state index in [9.17, 15) is 9.59 Å². The maximum atomic E-state index is 13.2. The maximum absolute atomic E-state index is 13.2. The van der Waals surface area contributed by atoms with Gasteiger partial charge in [-0.15, -0.1) is 11.8 Å². The number of ether oxygens (including phenoxy) is 2. The number of amides is 1. The molecule has 0 unspecified atom stereocenters. The maximum Gasteiger partial charge on any atom is 0.254 e. The van der Waals surface area contributed by atoms with E-state index in [1.54, 1.807) is 12.1 Å². The molecule has 188 valence electrons. The number of nitrogens with zero attached hydrogens (tertiary/aromatic N) is 1. The van der Waals surface area contributed by atoms with E-state index in [1.165, 1.54) is 11.8 Å². The summed E-state index contributed by atoms with van der Waals surface area (Å²) in [4.78, 5) is 31.6. The second-order valence-corrected chi connectivity index (χ2v) is 10.7. The average Bonchev–Trinajstić information content (AvgIpc) is 3.19. The molecule has 8 heteroatoms. The Kier molecular flexibility index (Phi) is 7.33. The van der Waals surface area contributed by atoms with Crippen molar-refractivity contribution < 1.29 is 14.3 Å². The lowest BCUT2D eigenvalue weighted by molar-refractivity contribution is -0.114. The molecular weight excluding hydrogens is 462 g/mol. The number of aryl methyl sites for hydroxylation is 1. The zero-order valence-electron chi connectivity index (χ0n) is 21.2. The second kappa shape index (κ2) is 10.1. The van der Waals surface area contributed by atoms with Crippen molar-refractivity contribution in [2.24, 2.45) is 5.92 Å². The zero-order valence-corrected chi connectivity index (χ0v) is 22.1. The standard InChI is InChI=1S/C27H35N3O4S/c1-7-19-13-20(25(31)28-14-21-22(35-6)12-16(2)29-26(21)32)17(3)23-24(19)34-27(33-23)10-8-18(9-11-27)15-30(4)5/h7,12-13,18H,1,8-11,14-15H2,2-6H3,(H,28,31)(H,29,32). The minimum atomic E-state index is -0.675. The number of hydrogen-bond acceptors (Lipinski definition) is 6. The van der Waals surface area contributed by atoms with Gasteiger partial charge in [-0.3, -0.25) is 9.59 Å². The van der Waals surface area contributed by atoms with Crippen molar-refractivity contribution in [3.63, 3.8) is 0 Å². The highest BCUT2D eigenvalue weighted by atomic mass is 32.2. The average molecular weight is 498 g/mol. The molecule has 2 N–H and O–H groups in total. The Morgan fingerprint density at radius 3 is 2.57 bits per heavy atom. The van der Waals surface area contributed by atoms with E-state index in [-0.39, 0.29) is 18.0 Å². The fourth-order valence-corrected chi connectivity index (χ4v) is 5.79. The molecule has 1 saturated carbocycles. The minimum Gasteiger partial charge on any atom is -0.448 e. The van der Waals surface area contributed by atoms with Crippen molar-refractivity contribution in [2.75, 3.05) is 26.9 Å². The third kappa shape index (κ3) is 5.14. The molecule has 35 heavy (non-hydrogen) atoms. The first-order valence-electron chi connectivity index (χ1n) is 12.0. The molecule has 0 radical (unpaired) electrons. The number of carbonyl (C=O) groups is 1. The fourth-order valence-electron chi connectivity index (χ4n) is 5.08. The lowest BCUT2D eigenvalue weighted by Gasteiger charge is -2.36. The number of aromatic amines is 1. The number of thioether (sulfide) groups is 1. The fraction of sp³-hybridized carbons (Fsp3) is 0.481. The van der Waals surface area contributed by atoms with Crippen molar-refractivity contribution in [1.29, 1.82) is 0 Å². The highest BCUT2D eigenvalue weighted by Gasteiger charge is 2.46. The monoisotopic (exact) mass is 497 g/mol. The molecule has 0 saturated heterocycles. The van der Waals surface area contributed by atoms with Gasteiger partial charge in [0.25, 0.3) is 17.3 Å². The lowest BCUT2D eigenvalue weighted by atomic mass is 9.85. The van der Waals surface area contributed by atoms with E-state index in [0.717, 1.165) is 53.9 Å². The predicted octanol–water partition coefficient (Wildman–Crippen LogP) is 4.51. The number of pyridine rings is 1. The van der Waals surface area contributed by atoms with Crippen molar-refractivity contribution in [3.8, 4) is 11.5 Å². The van der Waals surface area contributed by atoms with Crippen LogP contribution in [0.15, 0.2) is 28.4 Å². The largest absolute Gasteiger partial charge is 0.448 e. The Bertz CT molecular complexity index is 1200. The molecule has 1 fully saturated rings. The Morgan fingerprint density at radius 1 is 1.26 bits per heavy atom. The Morgan fingerprint density at radius 2 is 1.94 bits per heavy atom. The van der Waals surface area contributed by atoms with Gasteiger partial charge in [-0.1, -0.05) is 12.7 Å². The SMILES string of the molecule is C=Cc1cc(C(=O)NCc2c(SC)cc(C)[nH]c2=O)c(C)c2c1OC1(CCC(CN(C)C)CC1)O2. The summed E-state index contributed by atoms with van der Waals surface area (Å²) < 4.78 is 12.9. The van der Waals surface area contributed by atoms with Crippen LogP contribution in [0.4, 0.5) is 0 Å². The molecule has 2 aliphatic rings. The quantitative estimate of drug-likeness (QED) is 0.548. The third-order valence-corrected chi connectivity index (χ3v) is 7.72. The molecule has 1 aromatic heterocycles. The Hall–Kier alpha value is -2.71. The van der Waals surface area contributed by atoms with Gasteiger partial charge in [-0.25, -0.2) is 0 Å². The summed E-state index contributed by atoms with van der Waals surface area (Å²) in [6, 6.07) is 3.72. The second-order valence-electron chi connectivity index (χ2n) is 9.83. The van der Waals surface area contributed by atoms with Crippen molar-refractivity contribution in [1.82, 2.24) is 15.2 Å². The van der Waals surface area contributed by atoms with Gasteiger partial charge in [-0.2, -0.15) is 0 Å². The summed E-state index contributed by atoms with van der Waals surface area (Å²) >= 11 is 1.49. The summed E-state index contributed by atoms with van der Waals surface area (Å²) in [5.74, 6) is 0.977. The van der Waals surface area contributed by atoms with Gasteiger partial charge >= 0.3 is 0 Å². The first-order valence-corrected chi connectivity index (χ1v) is 13.3. The van der Waals surface area contributed by atoms with Crippen LogP contribution in [-0.2, 0) is 6.54 Å². The minimum absolute atomic E-state index is 0.138. The first-order chi connectivity index (χ1) is 16.7. The number of H-pyrrole nitrogens is 1.